The molecule has 0 radical (unpaired) electrons. The van der Waals surface area contributed by atoms with E-state index in [0.717, 1.165) is 17.4 Å². The number of amides is 1. The molecule has 1 aliphatic heterocycles. The van der Waals surface area contributed by atoms with Crippen molar-refractivity contribution in [1.29, 1.82) is 0 Å². The van der Waals surface area contributed by atoms with Crippen LogP contribution in [0.25, 0.3) is 15.9 Å². The van der Waals surface area contributed by atoms with Gasteiger partial charge < -0.3 is 10.1 Å². The van der Waals surface area contributed by atoms with Crippen molar-refractivity contribution < 1.29 is 13.9 Å². The summed E-state index contributed by atoms with van der Waals surface area (Å²) in [5, 5.41) is 4.49. The van der Waals surface area contributed by atoms with Gasteiger partial charge in [-0.1, -0.05) is 0 Å². The van der Waals surface area contributed by atoms with Crippen LogP contribution < -0.4 is 16.6 Å². The highest BCUT2D eigenvalue weighted by Gasteiger charge is 2.20. The van der Waals surface area contributed by atoms with E-state index in [1.54, 1.807) is 18.4 Å². The summed E-state index contributed by atoms with van der Waals surface area (Å²) < 4.78 is 21.8. The number of rotatable bonds is 5. The van der Waals surface area contributed by atoms with Crippen LogP contribution >= 0.6 is 11.3 Å². The monoisotopic (exact) mass is 417 g/mol. The molecule has 3 aromatic rings. The fraction of sp³-hybridized carbons (Fsp3) is 0.350. The van der Waals surface area contributed by atoms with Crippen molar-refractivity contribution in [3.8, 4) is 5.69 Å². The second kappa shape index (κ2) is 7.92. The van der Waals surface area contributed by atoms with Gasteiger partial charge >= 0.3 is 5.69 Å². The lowest BCUT2D eigenvalue weighted by atomic mass is 10.2. The van der Waals surface area contributed by atoms with Gasteiger partial charge in [0.2, 0.25) is 5.91 Å². The van der Waals surface area contributed by atoms with Gasteiger partial charge in [0.05, 0.1) is 17.3 Å². The van der Waals surface area contributed by atoms with Crippen LogP contribution in [0.5, 0.6) is 0 Å². The number of carbonyl (C=O) groups is 1. The maximum atomic E-state index is 13.7. The highest BCUT2D eigenvalue weighted by Crippen LogP contribution is 2.17. The van der Waals surface area contributed by atoms with E-state index in [2.05, 4.69) is 5.32 Å². The molecule has 1 atom stereocenters. The highest BCUT2D eigenvalue weighted by molar-refractivity contribution is 7.17. The van der Waals surface area contributed by atoms with Crippen LogP contribution in [0.3, 0.4) is 0 Å². The lowest BCUT2D eigenvalue weighted by Crippen LogP contribution is -2.42. The number of nitrogens with one attached hydrogen (secondary N) is 1. The zero-order chi connectivity index (χ0) is 20.5. The molecule has 2 aromatic heterocycles. The van der Waals surface area contributed by atoms with Crippen molar-refractivity contribution in [2.75, 3.05) is 13.2 Å². The van der Waals surface area contributed by atoms with Gasteiger partial charge in [0, 0.05) is 13.2 Å². The molecule has 1 amide bonds. The number of aromatic nitrogens is 2. The molecule has 0 aliphatic carbocycles. The van der Waals surface area contributed by atoms with Crippen molar-refractivity contribution in [2.24, 2.45) is 0 Å². The Morgan fingerprint density at radius 3 is 2.90 bits per heavy atom. The zero-order valence-electron chi connectivity index (χ0n) is 15.8. The molecule has 1 N–H and O–H groups in total. The minimum atomic E-state index is -0.640. The van der Waals surface area contributed by atoms with Crippen LogP contribution in [0.15, 0.2) is 39.2 Å². The molecule has 0 saturated carbocycles. The van der Waals surface area contributed by atoms with E-state index >= 15 is 0 Å². The second-order valence-electron chi connectivity index (χ2n) is 7.02. The summed E-state index contributed by atoms with van der Waals surface area (Å²) in [6.07, 6.45) is 1.86. The van der Waals surface area contributed by atoms with Crippen molar-refractivity contribution in [3.05, 3.63) is 61.9 Å². The van der Waals surface area contributed by atoms with E-state index in [4.69, 9.17) is 4.74 Å². The number of carbonyl (C=O) groups excluding carboxylic acids is 1. The zero-order valence-corrected chi connectivity index (χ0v) is 16.6. The van der Waals surface area contributed by atoms with Crippen LogP contribution in [0, 0.1) is 12.7 Å². The maximum absolute atomic E-state index is 13.7. The number of ether oxygens (including phenoxy) is 1. The van der Waals surface area contributed by atoms with Crippen molar-refractivity contribution in [3.63, 3.8) is 0 Å². The molecule has 29 heavy (non-hydrogen) atoms. The molecule has 0 spiro atoms. The molecular weight excluding hydrogens is 397 g/mol. The minimum Gasteiger partial charge on any atom is -0.376 e. The number of thiophene rings is 1. The number of hydrogen-bond donors (Lipinski definition) is 1. The third kappa shape index (κ3) is 3.75. The molecule has 3 heterocycles. The van der Waals surface area contributed by atoms with E-state index in [0.29, 0.717) is 28.9 Å². The summed E-state index contributed by atoms with van der Waals surface area (Å²) in [5.41, 5.74) is -0.128. The van der Waals surface area contributed by atoms with E-state index in [1.807, 2.05) is 0 Å². The summed E-state index contributed by atoms with van der Waals surface area (Å²) in [7, 11) is 0. The molecule has 4 rings (SSSR count). The Balaban J connectivity index is 1.72. The van der Waals surface area contributed by atoms with Gasteiger partial charge in [-0.05, 0) is 55.0 Å². The largest absolute Gasteiger partial charge is 0.376 e. The van der Waals surface area contributed by atoms with E-state index < -0.39 is 17.1 Å². The van der Waals surface area contributed by atoms with Crippen LogP contribution in [-0.4, -0.2) is 34.3 Å². The normalized spacial score (nSPS) is 16.4. The smallest absolute Gasteiger partial charge is 0.336 e. The first kappa shape index (κ1) is 19.5. The Hall–Kier alpha value is -2.78. The molecule has 152 valence electrons. The summed E-state index contributed by atoms with van der Waals surface area (Å²) in [5.74, 6) is -0.761. The Labute approximate surface area is 169 Å². The first-order valence-corrected chi connectivity index (χ1v) is 10.2. The van der Waals surface area contributed by atoms with E-state index in [-0.39, 0.29) is 24.2 Å². The Kier molecular flexibility index (Phi) is 5.33. The Bertz CT molecular complexity index is 1190. The summed E-state index contributed by atoms with van der Waals surface area (Å²) in [4.78, 5) is 38.5. The van der Waals surface area contributed by atoms with Gasteiger partial charge in [-0.3, -0.25) is 14.2 Å². The first-order chi connectivity index (χ1) is 14.0. The minimum absolute atomic E-state index is 0.00650. The molecule has 0 bridgehead atoms. The van der Waals surface area contributed by atoms with Crippen LogP contribution in [0.1, 0.15) is 18.4 Å². The van der Waals surface area contributed by atoms with Crippen LogP contribution in [0.2, 0.25) is 0 Å². The molecule has 1 aromatic carbocycles. The maximum Gasteiger partial charge on any atom is 0.336 e. The average molecular weight is 417 g/mol. The summed E-state index contributed by atoms with van der Waals surface area (Å²) in [6, 6.07) is 5.69. The number of nitrogens with zero attached hydrogens (tertiary/aromatic N) is 2. The van der Waals surface area contributed by atoms with Crippen molar-refractivity contribution in [2.45, 2.75) is 32.4 Å². The number of fused-ring (bicyclic) bond motifs is 1. The Morgan fingerprint density at radius 2 is 2.17 bits per heavy atom. The summed E-state index contributed by atoms with van der Waals surface area (Å²) >= 11 is 1.19. The average Bonchev–Trinajstić information content (AvgIpc) is 3.38. The topological polar surface area (TPSA) is 82.3 Å². The van der Waals surface area contributed by atoms with Gasteiger partial charge in [-0.25, -0.2) is 13.8 Å². The predicted octanol–water partition coefficient (Wildman–Crippen LogP) is 1.96. The lowest BCUT2D eigenvalue weighted by Gasteiger charge is -2.14. The lowest BCUT2D eigenvalue weighted by molar-refractivity contribution is -0.122. The van der Waals surface area contributed by atoms with Crippen molar-refractivity contribution in [1.82, 2.24) is 14.5 Å². The molecule has 1 saturated heterocycles. The van der Waals surface area contributed by atoms with Gasteiger partial charge in [0.1, 0.15) is 17.1 Å². The van der Waals surface area contributed by atoms with Crippen molar-refractivity contribution >= 4 is 27.5 Å². The van der Waals surface area contributed by atoms with Crippen LogP contribution in [-0.2, 0) is 16.1 Å². The van der Waals surface area contributed by atoms with E-state index in [9.17, 15) is 18.8 Å². The SMILES string of the molecule is Cc1cc(-n2c(=O)c3sccc3n(CC(=O)NC[C@@H]3CCCO3)c2=O)ccc1F. The van der Waals surface area contributed by atoms with Gasteiger partial charge in [-0.2, -0.15) is 0 Å². The molecular formula is C20H20FN3O4S. The van der Waals surface area contributed by atoms with Gasteiger partial charge in [-0.15, -0.1) is 11.3 Å². The molecule has 7 nitrogen and oxygen atoms in total. The first-order valence-electron chi connectivity index (χ1n) is 9.33. The standard InChI is InChI=1S/C20H20FN3O4S/c1-12-9-13(4-5-15(12)21)24-19(26)18-16(6-8-29-18)23(20(24)27)11-17(25)22-10-14-3-2-7-28-14/h4-6,8-9,14H,2-3,7,10-11H2,1H3,(H,22,25)/t14-/m0/s1. The number of benzene rings is 1. The van der Waals surface area contributed by atoms with Gasteiger partial charge in [0.15, 0.2) is 0 Å². The second-order valence-corrected chi connectivity index (χ2v) is 7.93. The summed E-state index contributed by atoms with van der Waals surface area (Å²) in [6.45, 7) is 2.42. The molecule has 0 unspecified atom stereocenters. The third-order valence-electron chi connectivity index (χ3n) is 5.01. The van der Waals surface area contributed by atoms with E-state index in [1.165, 1.54) is 34.1 Å². The number of aryl methyl sites for hydroxylation is 1. The molecule has 1 fully saturated rings. The quantitative estimate of drug-likeness (QED) is 0.688. The fourth-order valence-corrected chi connectivity index (χ4v) is 4.29. The number of halogens is 1. The molecule has 1 aliphatic rings. The Morgan fingerprint density at radius 1 is 1.34 bits per heavy atom. The predicted molar refractivity (Wildman–Crippen MR) is 108 cm³/mol. The molecule has 9 heteroatoms. The number of hydrogen-bond acceptors (Lipinski definition) is 5. The van der Waals surface area contributed by atoms with Gasteiger partial charge in [0.25, 0.3) is 5.56 Å². The highest BCUT2D eigenvalue weighted by atomic mass is 32.1. The third-order valence-corrected chi connectivity index (χ3v) is 5.90. The fourth-order valence-electron chi connectivity index (χ4n) is 3.47. The van der Waals surface area contributed by atoms with Crippen LogP contribution in [0.4, 0.5) is 4.39 Å².